The highest BCUT2D eigenvalue weighted by Gasteiger charge is 2.21. The molecule has 16 heavy (non-hydrogen) atoms. The Morgan fingerprint density at radius 3 is 2.81 bits per heavy atom. The van der Waals surface area contributed by atoms with Gasteiger partial charge in [-0.05, 0) is 26.7 Å². The summed E-state index contributed by atoms with van der Waals surface area (Å²) in [4.78, 5) is 13.6. The minimum Gasteiger partial charge on any atom is -0.342 e. The summed E-state index contributed by atoms with van der Waals surface area (Å²) in [5.41, 5.74) is 0. The summed E-state index contributed by atoms with van der Waals surface area (Å²) in [6.45, 7) is 5.80. The van der Waals surface area contributed by atoms with E-state index in [9.17, 15) is 4.79 Å². The van der Waals surface area contributed by atoms with E-state index in [2.05, 4.69) is 11.4 Å². The Hall–Kier alpha value is -1.08. The normalized spacial score (nSPS) is 16.6. The van der Waals surface area contributed by atoms with Gasteiger partial charge in [0.1, 0.15) is 0 Å². The molecule has 0 saturated heterocycles. The zero-order valence-corrected chi connectivity index (χ0v) is 10.2. The molecule has 0 spiro atoms. The Labute approximate surface area is 97.6 Å². The number of amides is 1. The third-order valence-electron chi connectivity index (χ3n) is 2.80. The lowest BCUT2D eigenvalue weighted by molar-refractivity contribution is -0.131. The van der Waals surface area contributed by atoms with Gasteiger partial charge in [-0.2, -0.15) is 5.26 Å². The second-order valence-corrected chi connectivity index (χ2v) is 4.44. The van der Waals surface area contributed by atoms with Gasteiger partial charge < -0.3 is 10.2 Å². The van der Waals surface area contributed by atoms with Crippen molar-refractivity contribution in [2.24, 2.45) is 5.92 Å². The Bertz CT molecular complexity index is 268. The molecule has 0 aliphatic heterocycles. The number of rotatable bonds is 7. The summed E-state index contributed by atoms with van der Waals surface area (Å²) in [6, 6.07) is 2.81. The van der Waals surface area contributed by atoms with Crippen LogP contribution in [0.4, 0.5) is 0 Å². The molecule has 0 aromatic heterocycles. The van der Waals surface area contributed by atoms with Crippen molar-refractivity contribution in [2.45, 2.75) is 39.2 Å². The Morgan fingerprint density at radius 2 is 2.31 bits per heavy atom. The monoisotopic (exact) mass is 223 g/mol. The fourth-order valence-corrected chi connectivity index (χ4v) is 1.61. The van der Waals surface area contributed by atoms with Crippen molar-refractivity contribution in [1.82, 2.24) is 10.2 Å². The summed E-state index contributed by atoms with van der Waals surface area (Å²) in [5, 5.41) is 12.0. The number of hydrogen-bond donors (Lipinski definition) is 1. The SMILES string of the molecule is CCN(CC(C)C#N)C(=O)CCNC1CC1. The van der Waals surface area contributed by atoms with Crippen molar-refractivity contribution in [3.63, 3.8) is 0 Å². The maximum absolute atomic E-state index is 11.8. The highest BCUT2D eigenvalue weighted by atomic mass is 16.2. The van der Waals surface area contributed by atoms with E-state index in [0.717, 1.165) is 6.54 Å². The van der Waals surface area contributed by atoms with Crippen LogP contribution in [-0.2, 0) is 4.79 Å². The van der Waals surface area contributed by atoms with Crippen molar-refractivity contribution in [3.8, 4) is 6.07 Å². The van der Waals surface area contributed by atoms with Gasteiger partial charge in [0.2, 0.25) is 5.91 Å². The molecule has 0 aromatic carbocycles. The molecule has 1 atom stereocenters. The molecule has 0 radical (unpaired) electrons. The highest BCUT2D eigenvalue weighted by molar-refractivity contribution is 5.76. The first-order chi connectivity index (χ1) is 7.67. The van der Waals surface area contributed by atoms with E-state index < -0.39 is 0 Å². The molecule has 90 valence electrons. The molecule has 0 heterocycles. The lowest BCUT2D eigenvalue weighted by Crippen LogP contribution is -2.36. The summed E-state index contributed by atoms with van der Waals surface area (Å²) >= 11 is 0. The standard InChI is InChI=1S/C12H21N3O/c1-3-15(9-10(2)8-13)12(16)6-7-14-11-4-5-11/h10-11,14H,3-7,9H2,1-2H3. The number of nitriles is 1. The first kappa shape index (κ1) is 13.0. The summed E-state index contributed by atoms with van der Waals surface area (Å²) in [6.07, 6.45) is 3.04. The molecule has 4 heteroatoms. The summed E-state index contributed by atoms with van der Waals surface area (Å²) in [5.74, 6) is 0.0676. The van der Waals surface area contributed by atoms with E-state index >= 15 is 0 Å². The van der Waals surface area contributed by atoms with E-state index in [4.69, 9.17) is 5.26 Å². The van der Waals surface area contributed by atoms with Crippen LogP contribution in [0.15, 0.2) is 0 Å². The van der Waals surface area contributed by atoms with Crippen LogP contribution in [0.25, 0.3) is 0 Å². The largest absolute Gasteiger partial charge is 0.342 e. The average Bonchev–Trinajstić information content (AvgIpc) is 3.09. The van der Waals surface area contributed by atoms with Crippen molar-refractivity contribution < 1.29 is 4.79 Å². The van der Waals surface area contributed by atoms with Crippen LogP contribution in [0, 0.1) is 17.2 Å². The van der Waals surface area contributed by atoms with Crippen molar-refractivity contribution in [3.05, 3.63) is 0 Å². The van der Waals surface area contributed by atoms with Crippen LogP contribution >= 0.6 is 0 Å². The summed E-state index contributed by atoms with van der Waals surface area (Å²) in [7, 11) is 0. The number of nitrogens with one attached hydrogen (secondary N) is 1. The summed E-state index contributed by atoms with van der Waals surface area (Å²) < 4.78 is 0. The van der Waals surface area contributed by atoms with E-state index in [1.807, 2.05) is 13.8 Å². The minimum atomic E-state index is -0.0831. The molecular formula is C12H21N3O. The van der Waals surface area contributed by atoms with Gasteiger partial charge in [0.05, 0.1) is 12.0 Å². The molecular weight excluding hydrogens is 202 g/mol. The number of hydrogen-bond acceptors (Lipinski definition) is 3. The Morgan fingerprint density at radius 1 is 1.62 bits per heavy atom. The average molecular weight is 223 g/mol. The van der Waals surface area contributed by atoms with Gasteiger partial charge >= 0.3 is 0 Å². The molecule has 1 aliphatic carbocycles. The molecule has 0 aromatic rings. The zero-order chi connectivity index (χ0) is 12.0. The highest BCUT2D eigenvalue weighted by Crippen LogP contribution is 2.18. The van der Waals surface area contributed by atoms with Crippen LogP contribution < -0.4 is 5.32 Å². The Kier molecular flexibility index (Phi) is 5.27. The molecule has 1 amide bonds. The Balaban J connectivity index is 2.21. The van der Waals surface area contributed by atoms with E-state index in [1.165, 1.54) is 12.8 Å². The molecule has 4 nitrogen and oxygen atoms in total. The zero-order valence-electron chi connectivity index (χ0n) is 10.2. The van der Waals surface area contributed by atoms with Gasteiger partial charge in [0.25, 0.3) is 0 Å². The van der Waals surface area contributed by atoms with Crippen LogP contribution in [0.5, 0.6) is 0 Å². The first-order valence-corrected chi connectivity index (χ1v) is 6.08. The maximum Gasteiger partial charge on any atom is 0.223 e. The van der Waals surface area contributed by atoms with Crippen LogP contribution in [0.2, 0.25) is 0 Å². The fraction of sp³-hybridized carbons (Fsp3) is 0.833. The van der Waals surface area contributed by atoms with Gasteiger partial charge in [-0.25, -0.2) is 0 Å². The van der Waals surface area contributed by atoms with Gasteiger partial charge in [-0.1, -0.05) is 0 Å². The molecule has 1 rings (SSSR count). The topological polar surface area (TPSA) is 56.1 Å². The quantitative estimate of drug-likeness (QED) is 0.704. The molecule has 1 aliphatic rings. The fourth-order valence-electron chi connectivity index (χ4n) is 1.61. The second-order valence-electron chi connectivity index (χ2n) is 4.44. The lowest BCUT2D eigenvalue weighted by Gasteiger charge is -2.22. The van der Waals surface area contributed by atoms with E-state index in [0.29, 0.717) is 25.6 Å². The van der Waals surface area contributed by atoms with Gasteiger partial charge in [0, 0.05) is 32.1 Å². The second kappa shape index (κ2) is 6.49. The molecule has 1 unspecified atom stereocenters. The third-order valence-corrected chi connectivity index (χ3v) is 2.80. The van der Waals surface area contributed by atoms with Crippen LogP contribution in [0.1, 0.15) is 33.1 Å². The van der Waals surface area contributed by atoms with Crippen molar-refractivity contribution >= 4 is 5.91 Å². The number of carbonyl (C=O) groups excluding carboxylic acids is 1. The smallest absolute Gasteiger partial charge is 0.223 e. The van der Waals surface area contributed by atoms with Gasteiger partial charge in [-0.15, -0.1) is 0 Å². The predicted octanol–water partition coefficient (Wildman–Crippen LogP) is 1.14. The molecule has 1 fully saturated rings. The van der Waals surface area contributed by atoms with Gasteiger partial charge in [-0.3, -0.25) is 4.79 Å². The van der Waals surface area contributed by atoms with E-state index in [1.54, 1.807) is 4.90 Å². The van der Waals surface area contributed by atoms with Gasteiger partial charge in [0.15, 0.2) is 0 Å². The molecule has 0 bridgehead atoms. The third kappa shape index (κ3) is 4.63. The lowest BCUT2D eigenvalue weighted by atomic mass is 10.2. The van der Waals surface area contributed by atoms with E-state index in [-0.39, 0.29) is 11.8 Å². The maximum atomic E-state index is 11.8. The first-order valence-electron chi connectivity index (χ1n) is 6.08. The molecule has 1 saturated carbocycles. The number of nitrogens with zero attached hydrogens (tertiary/aromatic N) is 2. The minimum absolute atomic E-state index is 0.0831. The van der Waals surface area contributed by atoms with Crippen LogP contribution in [0.3, 0.4) is 0 Å². The molecule has 1 N–H and O–H groups in total. The number of carbonyl (C=O) groups is 1. The predicted molar refractivity (Wildman–Crippen MR) is 62.7 cm³/mol. The van der Waals surface area contributed by atoms with Crippen LogP contribution in [-0.4, -0.2) is 36.5 Å². The van der Waals surface area contributed by atoms with Crippen molar-refractivity contribution in [2.75, 3.05) is 19.6 Å². The van der Waals surface area contributed by atoms with Crippen molar-refractivity contribution in [1.29, 1.82) is 5.26 Å².